The van der Waals surface area contributed by atoms with Gasteiger partial charge >= 0.3 is 5.97 Å². The summed E-state index contributed by atoms with van der Waals surface area (Å²) in [7, 11) is 0. The number of carbonyl (C=O) groups excluding carboxylic acids is 1. The zero-order valence-corrected chi connectivity index (χ0v) is 14.6. The van der Waals surface area contributed by atoms with Gasteiger partial charge in [-0.15, -0.1) is 0 Å². The lowest BCUT2D eigenvalue weighted by Gasteiger charge is -2.25. The van der Waals surface area contributed by atoms with E-state index in [0.29, 0.717) is 22.2 Å². The van der Waals surface area contributed by atoms with Crippen molar-refractivity contribution >= 4 is 34.0 Å². The first kappa shape index (κ1) is 16.3. The number of hydrogen-bond donors (Lipinski definition) is 0. The smallest absolute Gasteiger partial charge is 0.350 e. The predicted molar refractivity (Wildman–Crippen MR) is 94.6 cm³/mol. The molecule has 0 aliphatic carbocycles. The predicted octanol–water partition coefficient (Wildman–Crippen LogP) is 4.63. The van der Waals surface area contributed by atoms with Crippen molar-refractivity contribution in [3.05, 3.63) is 34.2 Å². The van der Waals surface area contributed by atoms with E-state index in [4.69, 9.17) is 21.3 Å². The molecular weight excluding hydrogens is 332 g/mol. The second-order valence-corrected chi connectivity index (χ2v) is 6.81. The molecule has 0 radical (unpaired) electrons. The van der Waals surface area contributed by atoms with Gasteiger partial charge in [0.05, 0.1) is 17.3 Å². The zero-order chi connectivity index (χ0) is 16.2. The summed E-state index contributed by atoms with van der Waals surface area (Å²) in [4.78, 5) is 19.8. The number of ether oxygens (including phenoxy) is 1. The van der Waals surface area contributed by atoms with E-state index in [1.54, 1.807) is 6.92 Å². The van der Waals surface area contributed by atoms with Crippen LogP contribution >= 0.6 is 22.9 Å². The van der Waals surface area contributed by atoms with Crippen LogP contribution in [0.25, 0.3) is 11.3 Å². The van der Waals surface area contributed by atoms with Gasteiger partial charge in [0.2, 0.25) is 0 Å². The minimum Gasteiger partial charge on any atom is -0.462 e. The Bertz CT molecular complexity index is 696. The average Bonchev–Trinajstić information content (AvgIpc) is 3.01. The van der Waals surface area contributed by atoms with Gasteiger partial charge in [0.25, 0.3) is 0 Å². The van der Waals surface area contributed by atoms with E-state index in [1.807, 2.05) is 24.3 Å². The molecule has 1 fully saturated rings. The molecule has 1 aromatic carbocycles. The average molecular weight is 351 g/mol. The maximum Gasteiger partial charge on any atom is 0.350 e. The van der Waals surface area contributed by atoms with Gasteiger partial charge in [-0.1, -0.05) is 41.1 Å². The molecule has 2 heterocycles. The quantitative estimate of drug-likeness (QED) is 0.754. The highest BCUT2D eigenvalue weighted by atomic mass is 35.5. The number of benzene rings is 1. The minimum absolute atomic E-state index is 0.330. The number of hydrogen-bond acceptors (Lipinski definition) is 5. The van der Waals surface area contributed by atoms with Crippen molar-refractivity contribution in [2.45, 2.75) is 26.2 Å². The molecule has 0 N–H and O–H groups in total. The number of halogens is 1. The molecule has 0 bridgehead atoms. The highest BCUT2D eigenvalue weighted by Gasteiger charge is 2.25. The molecule has 2 aromatic rings. The van der Waals surface area contributed by atoms with E-state index < -0.39 is 0 Å². The summed E-state index contributed by atoms with van der Waals surface area (Å²) >= 11 is 7.71. The number of anilines is 1. The Balaban J connectivity index is 2.03. The van der Waals surface area contributed by atoms with Crippen LogP contribution in [-0.2, 0) is 4.74 Å². The number of piperidine rings is 1. The van der Waals surface area contributed by atoms with Crippen LogP contribution in [0.4, 0.5) is 5.13 Å². The number of rotatable bonds is 4. The fraction of sp³-hybridized carbons (Fsp3) is 0.412. The van der Waals surface area contributed by atoms with Gasteiger partial charge < -0.3 is 9.64 Å². The van der Waals surface area contributed by atoms with Crippen LogP contribution in [0.15, 0.2) is 24.3 Å². The van der Waals surface area contributed by atoms with Crippen molar-refractivity contribution < 1.29 is 9.53 Å². The maximum absolute atomic E-state index is 12.3. The first-order valence-corrected chi connectivity index (χ1v) is 9.08. The number of carbonyl (C=O) groups is 1. The van der Waals surface area contributed by atoms with Gasteiger partial charge in [0, 0.05) is 18.7 Å². The summed E-state index contributed by atoms with van der Waals surface area (Å²) in [6.07, 6.45) is 3.58. The summed E-state index contributed by atoms with van der Waals surface area (Å²) in [6, 6.07) is 7.47. The van der Waals surface area contributed by atoms with E-state index in [9.17, 15) is 4.79 Å². The third-order valence-corrected chi connectivity index (χ3v) is 5.26. The van der Waals surface area contributed by atoms with E-state index in [1.165, 1.54) is 17.8 Å². The monoisotopic (exact) mass is 350 g/mol. The summed E-state index contributed by atoms with van der Waals surface area (Å²) < 4.78 is 5.20. The number of esters is 1. The molecule has 1 aliphatic rings. The van der Waals surface area contributed by atoms with Crippen molar-refractivity contribution in [1.82, 2.24) is 4.98 Å². The van der Waals surface area contributed by atoms with Gasteiger partial charge in [0.1, 0.15) is 4.88 Å². The van der Waals surface area contributed by atoms with Gasteiger partial charge in [-0.25, -0.2) is 9.78 Å². The van der Waals surface area contributed by atoms with Crippen LogP contribution in [0.5, 0.6) is 0 Å². The van der Waals surface area contributed by atoms with Crippen molar-refractivity contribution in [2.24, 2.45) is 0 Å². The SMILES string of the molecule is CCOC(=O)c1sc(N2CCCCC2)nc1-c1ccccc1Cl. The van der Waals surface area contributed by atoms with Gasteiger partial charge in [0.15, 0.2) is 5.13 Å². The minimum atomic E-state index is -0.330. The third kappa shape index (κ3) is 3.51. The Morgan fingerprint density at radius 1 is 1.30 bits per heavy atom. The Hall–Kier alpha value is -1.59. The summed E-state index contributed by atoms with van der Waals surface area (Å²) in [5.41, 5.74) is 1.40. The molecule has 23 heavy (non-hydrogen) atoms. The lowest BCUT2D eigenvalue weighted by Crippen LogP contribution is -2.29. The zero-order valence-electron chi connectivity index (χ0n) is 13.0. The van der Waals surface area contributed by atoms with Crippen LogP contribution in [0.3, 0.4) is 0 Å². The molecule has 0 spiro atoms. The highest BCUT2D eigenvalue weighted by molar-refractivity contribution is 7.18. The molecule has 1 aromatic heterocycles. The van der Waals surface area contributed by atoms with Crippen molar-refractivity contribution in [2.75, 3.05) is 24.6 Å². The van der Waals surface area contributed by atoms with Crippen LogP contribution in [0.2, 0.25) is 5.02 Å². The lowest BCUT2D eigenvalue weighted by atomic mass is 10.1. The largest absolute Gasteiger partial charge is 0.462 e. The Labute approximate surface area is 145 Å². The van der Waals surface area contributed by atoms with Crippen LogP contribution < -0.4 is 4.90 Å². The Kier molecular flexibility index (Phi) is 5.18. The molecule has 0 atom stereocenters. The van der Waals surface area contributed by atoms with Gasteiger partial charge in [-0.2, -0.15) is 0 Å². The molecular formula is C17H19ClN2O2S. The van der Waals surface area contributed by atoms with Gasteiger partial charge in [-0.3, -0.25) is 0 Å². The van der Waals surface area contributed by atoms with Crippen LogP contribution in [-0.4, -0.2) is 30.6 Å². The van der Waals surface area contributed by atoms with Crippen molar-refractivity contribution in [1.29, 1.82) is 0 Å². The van der Waals surface area contributed by atoms with E-state index in [-0.39, 0.29) is 5.97 Å². The molecule has 6 heteroatoms. The lowest BCUT2D eigenvalue weighted by molar-refractivity contribution is 0.0532. The first-order chi connectivity index (χ1) is 11.2. The molecule has 3 rings (SSSR count). The first-order valence-electron chi connectivity index (χ1n) is 7.88. The van der Waals surface area contributed by atoms with E-state index in [0.717, 1.165) is 36.6 Å². The molecule has 4 nitrogen and oxygen atoms in total. The molecule has 122 valence electrons. The highest BCUT2D eigenvalue weighted by Crippen LogP contribution is 2.37. The topological polar surface area (TPSA) is 42.4 Å². The molecule has 0 amide bonds. The molecule has 1 aliphatic heterocycles. The standard InChI is InChI=1S/C17H19ClN2O2S/c1-2-22-16(21)15-14(12-8-4-5-9-13(12)18)19-17(23-15)20-10-6-3-7-11-20/h4-5,8-9H,2-3,6-7,10-11H2,1H3. The van der Waals surface area contributed by atoms with Crippen LogP contribution in [0.1, 0.15) is 35.9 Å². The molecule has 1 saturated heterocycles. The van der Waals surface area contributed by atoms with Crippen molar-refractivity contribution in [3.8, 4) is 11.3 Å². The van der Waals surface area contributed by atoms with E-state index in [2.05, 4.69) is 4.90 Å². The fourth-order valence-corrected chi connectivity index (χ4v) is 3.95. The third-order valence-electron chi connectivity index (χ3n) is 3.83. The second-order valence-electron chi connectivity index (χ2n) is 5.42. The Morgan fingerprint density at radius 3 is 2.74 bits per heavy atom. The maximum atomic E-state index is 12.3. The Morgan fingerprint density at radius 2 is 2.04 bits per heavy atom. The normalized spacial score (nSPS) is 14.8. The number of nitrogens with zero attached hydrogens (tertiary/aromatic N) is 2. The van der Waals surface area contributed by atoms with E-state index >= 15 is 0 Å². The molecule has 0 unspecified atom stereocenters. The molecule has 0 saturated carbocycles. The summed E-state index contributed by atoms with van der Waals surface area (Å²) in [5, 5.41) is 1.47. The van der Waals surface area contributed by atoms with Crippen molar-refractivity contribution in [3.63, 3.8) is 0 Å². The summed E-state index contributed by atoms with van der Waals surface area (Å²) in [5.74, 6) is -0.330. The number of aromatic nitrogens is 1. The van der Waals surface area contributed by atoms with Crippen LogP contribution in [0, 0.1) is 0 Å². The summed E-state index contributed by atoms with van der Waals surface area (Å²) in [6.45, 7) is 4.12. The fourth-order valence-electron chi connectivity index (χ4n) is 2.70. The number of thiazole rings is 1. The van der Waals surface area contributed by atoms with Gasteiger partial charge in [-0.05, 0) is 32.3 Å². The second kappa shape index (κ2) is 7.32.